The van der Waals surface area contributed by atoms with Crippen LogP contribution in [0.25, 0.3) is 21.9 Å². The molecule has 0 saturated carbocycles. The third-order valence-corrected chi connectivity index (χ3v) is 6.35. The van der Waals surface area contributed by atoms with Gasteiger partial charge in [0, 0.05) is 30.6 Å². The average molecular weight is 401 g/mol. The Morgan fingerprint density at radius 3 is 2.50 bits per heavy atom. The van der Waals surface area contributed by atoms with Crippen LogP contribution in [0.3, 0.4) is 0 Å². The Hall–Kier alpha value is -2.47. The first kappa shape index (κ1) is 20.3. The number of hydrogen-bond donors (Lipinski definition) is 1. The van der Waals surface area contributed by atoms with Crippen LogP contribution in [-0.2, 0) is 16.6 Å². The summed E-state index contributed by atoms with van der Waals surface area (Å²) >= 11 is 0. The molecule has 3 rings (SSSR count). The lowest BCUT2D eigenvalue weighted by Gasteiger charge is -2.17. The van der Waals surface area contributed by atoms with E-state index in [-0.39, 0.29) is 0 Å². The van der Waals surface area contributed by atoms with Crippen molar-refractivity contribution < 1.29 is 13.5 Å². The minimum atomic E-state index is -3.32. The molecule has 3 aromatic rings. The molecule has 6 heteroatoms. The third-order valence-electron chi connectivity index (χ3n) is 5.14. The Morgan fingerprint density at radius 1 is 1.14 bits per heavy atom. The molecule has 0 fully saturated rings. The van der Waals surface area contributed by atoms with Gasteiger partial charge in [-0.3, -0.25) is 4.31 Å². The van der Waals surface area contributed by atoms with Crippen molar-refractivity contribution in [1.29, 1.82) is 0 Å². The van der Waals surface area contributed by atoms with Gasteiger partial charge >= 0.3 is 0 Å². The second kappa shape index (κ2) is 7.51. The third kappa shape index (κ3) is 4.02. The van der Waals surface area contributed by atoms with Crippen LogP contribution in [0.5, 0.6) is 5.88 Å². The molecule has 0 radical (unpaired) electrons. The zero-order chi connectivity index (χ0) is 20.6. The Bertz CT molecular complexity index is 1110. The van der Waals surface area contributed by atoms with E-state index in [4.69, 9.17) is 0 Å². The fourth-order valence-electron chi connectivity index (χ4n) is 3.40. The number of nitrogens with zero attached hydrogens (tertiary/aromatic N) is 2. The van der Waals surface area contributed by atoms with Gasteiger partial charge < -0.3 is 9.67 Å². The lowest BCUT2D eigenvalue weighted by molar-refractivity contribution is 0.405. The summed E-state index contributed by atoms with van der Waals surface area (Å²) in [7, 11) is -1.77. The van der Waals surface area contributed by atoms with Crippen molar-refractivity contribution in [2.75, 3.05) is 17.6 Å². The predicted molar refractivity (Wildman–Crippen MR) is 116 cm³/mol. The summed E-state index contributed by atoms with van der Waals surface area (Å²) < 4.78 is 26.9. The fourth-order valence-corrected chi connectivity index (χ4v) is 3.90. The summed E-state index contributed by atoms with van der Waals surface area (Å²) in [5, 5.41) is 12.5. The standard InChI is InChI=1S/C22H28N2O3S/c1-15(2)9-10-24-14-19-12-18(11-16(3)21(19)22(24)25)17-7-6-8-20(13-17)23(4)28(5,26)27/h6-8,11-15,25H,9-10H2,1-5H3. The summed E-state index contributed by atoms with van der Waals surface area (Å²) in [5.74, 6) is 0.876. The number of aromatic hydroxyl groups is 1. The highest BCUT2D eigenvalue weighted by molar-refractivity contribution is 7.92. The first-order valence-corrected chi connectivity index (χ1v) is 11.3. The molecule has 0 unspecified atom stereocenters. The molecule has 2 aromatic carbocycles. The summed E-state index contributed by atoms with van der Waals surface area (Å²) in [6, 6.07) is 11.6. The molecule has 1 N–H and O–H groups in total. The van der Waals surface area contributed by atoms with Crippen LogP contribution in [0.1, 0.15) is 25.8 Å². The maximum Gasteiger partial charge on any atom is 0.231 e. The molecule has 1 aromatic heterocycles. The monoisotopic (exact) mass is 400 g/mol. The molecule has 28 heavy (non-hydrogen) atoms. The van der Waals surface area contributed by atoms with Gasteiger partial charge in [-0.1, -0.05) is 32.0 Å². The number of hydrogen-bond acceptors (Lipinski definition) is 3. The van der Waals surface area contributed by atoms with Crippen molar-refractivity contribution in [2.45, 2.75) is 33.7 Å². The quantitative estimate of drug-likeness (QED) is 0.649. The van der Waals surface area contributed by atoms with Crippen LogP contribution < -0.4 is 4.31 Å². The molecule has 0 amide bonds. The van der Waals surface area contributed by atoms with Gasteiger partial charge in [0.05, 0.1) is 11.9 Å². The molecular weight excluding hydrogens is 372 g/mol. The highest BCUT2D eigenvalue weighted by Gasteiger charge is 2.15. The fraction of sp³-hybridized carbons (Fsp3) is 0.364. The minimum Gasteiger partial charge on any atom is -0.494 e. The molecule has 150 valence electrons. The topological polar surface area (TPSA) is 62.5 Å². The summed E-state index contributed by atoms with van der Waals surface area (Å²) in [4.78, 5) is 0. The Balaban J connectivity index is 2.05. The van der Waals surface area contributed by atoms with Gasteiger partial charge in [0.15, 0.2) is 5.88 Å². The molecule has 0 atom stereocenters. The van der Waals surface area contributed by atoms with Crippen LogP contribution in [-0.4, -0.2) is 31.4 Å². The van der Waals surface area contributed by atoms with E-state index < -0.39 is 10.0 Å². The van der Waals surface area contributed by atoms with Crippen molar-refractivity contribution >= 4 is 26.5 Å². The van der Waals surface area contributed by atoms with Crippen molar-refractivity contribution in [3.8, 4) is 17.0 Å². The number of rotatable bonds is 6. The largest absolute Gasteiger partial charge is 0.494 e. The van der Waals surface area contributed by atoms with Gasteiger partial charge in [-0.05, 0) is 54.2 Å². The van der Waals surface area contributed by atoms with E-state index in [2.05, 4.69) is 13.8 Å². The number of fused-ring (bicyclic) bond motifs is 1. The zero-order valence-electron chi connectivity index (χ0n) is 17.1. The van der Waals surface area contributed by atoms with E-state index in [9.17, 15) is 13.5 Å². The highest BCUT2D eigenvalue weighted by atomic mass is 32.2. The number of benzene rings is 2. The van der Waals surface area contributed by atoms with E-state index in [0.29, 0.717) is 17.5 Å². The minimum absolute atomic E-state index is 0.310. The van der Waals surface area contributed by atoms with E-state index in [1.54, 1.807) is 13.1 Å². The molecule has 0 aliphatic heterocycles. The molecule has 1 heterocycles. The number of aromatic nitrogens is 1. The normalized spacial score (nSPS) is 12.1. The van der Waals surface area contributed by atoms with E-state index >= 15 is 0 Å². The molecule has 0 bridgehead atoms. The van der Waals surface area contributed by atoms with Gasteiger partial charge in [-0.15, -0.1) is 0 Å². The van der Waals surface area contributed by atoms with E-state index in [0.717, 1.165) is 40.4 Å². The molecule has 0 saturated heterocycles. The SMILES string of the molecule is Cc1cc(-c2cccc(N(C)S(C)(=O)=O)c2)cc2cn(CCC(C)C)c(O)c12. The first-order chi connectivity index (χ1) is 13.1. The average Bonchev–Trinajstić information content (AvgIpc) is 2.95. The lowest BCUT2D eigenvalue weighted by Crippen LogP contribution is -2.24. The molecule has 0 aliphatic rings. The molecule has 0 aliphatic carbocycles. The zero-order valence-corrected chi connectivity index (χ0v) is 17.9. The van der Waals surface area contributed by atoms with Crippen LogP contribution in [0.2, 0.25) is 0 Å². The maximum absolute atomic E-state index is 11.9. The lowest BCUT2D eigenvalue weighted by atomic mass is 9.99. The maximum atomic E-state index is 11.9. The Morgan fingerprint density at radius 2 is 1.86 bits per heavy atom. The molecule has 5 nitrogen and oxygen atoms in total. The smallest absolute Gasteiger partial charge is 0.231 e. The van der Waals surface area contributed by atoms with Crippen LogP contribution in [0, 0.1) is 12.8 Å². The number of sulfonamides is 1. The van der Waals surface area contributed by atoms with Crippen molar-refractivity contribution in [2.24, 2.45) is 5.92 Å². The predicted octanol–water partition coefficient (Wildman–Crippen LogP) is 4.76. The molecular formula is C22H28N2O3S. The summed E-state index contributed by atoms with van der Waals surface area (Å²) in [5.41, 5.74) is 3.55. The number of anilines is 1. The van der Waals surface area contributed by atoms with Crippen LogP contribution in [0.4, 0.5) is 5.69 Å². The van der Waals surface area contributed by atoms with Crippen molar-refractivity contribution in [3.63, 3.8) is 0 Å². The van der Waals surface area contributed by atoms with Gasteiger partial charge in [-0.2, -0.15) is 0 Å². The Labute approximate surface area is 167 Å². The van der Waals surface area contributed by atoms with Crippen LogP contribution in [0.15, 0.2) is 42.6 Å². The first-order valence-electron chi connectivity index (χ1n) is 9.44. The van der Waals surface area contributed by atoms with Crippen molar-refractivity contribution in [1.82, 2.24) is 4.57 Å². The van der Waals surface area contributed by atoms with E-state index in [1.807, 2.05) is 48.0 Å². The number of aryl methyl sites for hydroxylation is 2. The van der Waals surface area contributed by atoms with Gasteiger partial charge in [0.25, 0.3) is 0 Å². The van der Waals surface area contributed by atoms with Gasteiger partial charge in [0.1, 0.15) is 0 Å². The van der Waals surface area contributed by atoms with E-state index in [1.165, 1.54) is 10.6 Å². The van der Waals surface area contributed by atoms with Crippen molar-refractivity contribution in [3.05, 3.63) is 48.2 Å². The highest BCUT2D eigenvalue weighted by Crippen LogP contribution is 2.35. The van der Waals surface area contributed by atoms with Gasteiger partial charge in [-0.25, -0.2) is 8.42 Å². The molecule has 0 spiro atoms. The Kier molecular flexibility index (Phi) is 5.44. The van der Waals surface area contributed by atoms with Crippen LogP contribution >= 0.6 is 0 Å². The summed E-state index contributed by atoms with van der Waals surface area (Å²) in [6.07, 6.45) is 4.19. The summed E-state index contributed by atoms with van der Waals surface area (Å²) in [6.45, 7) is 7.11. The van der Waals surface area contributed by atoms with Gasteiger partial charge in [0.2, 0.25) is 10.0 Å². The second-order valence-corrected chi connectivity index (χ2v) is 9.88. The second-order valence-electron chi connectivity index (χ2n) is 7.87.